The van der Waals surface area contributed by atoms with Gasteiger partial charge in [0.1, 0.15) is 0 Å². The fraction of sp³-hybridized carbons (Fsp3) is 0.529. The van der Waals surface area contributed by atoms with Gasteiger partial charge in [0.2, 0.25) is 5.91 Å². The number of amides is 3. The van der Waals surface area contributed by atoms with Gasteiger partial charge in [-0.05, 0) is 38.1 Å². The van der Waals surface area contributed by atoms with Crippen LogP contribution in [0, 0.1) is 0 Å². The second-order valence-electron chi connectivity index (χ2n) is 5.13. The molecule has 0 aliphatic heterocycles. The standard InChI is InChI=1S/C17H27N3O4/c1-5-18-17(22)19-16(21)12-20(6-2)11-13-8-9-14(24-7-3)15(10-13)23-4/h8-10H,5-7,11-12H2,1-4H3,(H2,18,19,21,22). The highest BCUT2D eigenvalue weighted by atomic mass is 16.5. The first-order valence-corrected chi connectivity index (χ1v) is 8.13. The Kier molecular flexibility index (Phi) is 8.64. The van der Waals surface area contributed by atoms with Crippen LogP contribution in [0.2, 0.25) is 0 Å². The zero-order valence-corrected chi connectivity index (χ0v) is 14.8. The van der Waals surface area contributed by atoms with Crippen molar-refractivity contribution in [3.8, 4) is 11.5 Å². The van der Waals surface area contributed by atoms with Gasteiger partial charge in [0.25, 0.3) is 0 Å². The van der Waals surface area contributed by atoms with E-state index in [4.69, 9.17) is 9.47 Å². The molecule has 0 unspecified atom stereocenters. The summed E-state index contributed by atoms with van der Waals surface area (Å²) in [7, 11) is 1.60. The maximum absolute atomic E-state index is 11.9. The maximum atomic E-state index is 11.9. The molecule has 7 heteroatoms. The molecule has 0 saturated carbocycles. The van der Waals surface area contributed by atoms with Gasteiger partial charge in [-0.15, -0.1) is 0 Å². The Morgan fingerprint density at radius 1 is 1.17 bits per heavy atom. The minimum atomic E-state index is -0.471. The number of urea groups is 1. The first-order chi connectivity index (χ1) is 11.5. The van der Waals surface area contributed by atoms with Gasteiger partial charge in [0.05, 0.1) is 20.3 Å². The number of imide groups is 1. The zero-order valence-electron chi connectivity index (χ0n) is 14.8. The molecule has 0 saturated heterocycles. The van der Waals surface area contributed by atoms with Gasteiger partial charge in [-0.2, -0.15) is 0 Å². The molecule has 0 fully saturated rings. The number of hydrogen-bond acceptors (Lipinski definition) is 5. The molecule has 2 N–H and O–H groups in total. The van der Waals surface area contributed by atoms with Crippen LogP contribution in [-0.2, 0) is 11.3 Å². The lowest BCUT2D eigenvalue weighted by atomic mass is 10.2. The van der Waals surface area contributed by atoms with Crippen LogP contribution >= 0.6 is 0 Å². The van der Waals surface area contributed by atoms with Crippen LogP contribution in [0.4, 0.5) is 4.79 Å². The van der Waals surface area contributed by atoms with Gasteiger partial charge in [0.15, 0.2) is 11.5 Å². The molecule has 0 atom stereocenters. The van der Waals surface area contributed by atoms with Gasteiger partial charge < -0.3 is 14.8 Å². The summed E-state index contributed by atoms with van der Waals surface area (Å²) < 4.78 is 10.8. The molecule has 0 aliphatic rings. The third-order valence-electron chi connectivity index (χ3n) is 3.34. The van der Waals surface area contributed by atoms with Crippen molar-refractivity contribution in [3.63, 3.8) is 0 Å². The van der Waals surface area contributed by atoms with E-state index >= 15 is 0 Å². The highest BCUT2D eigenvalue weighted by Gasteiger charge is 2.13. The molecule has 0 heterocycles. The molecule has 24 heavy (non-hydrogen) atoms. The number of methoxy groups -OCH3 is 1. The molecule has 0 aromatic heterocycles. The summed E-state index contributed by atoms with van der Waals surface area (Å²) in [5.41, 5.74) is 1.00. The van der Waals surface area contributed by atoms with Gasteiger partial charge in [-0.1, -0.05) is 13.0 Å². The summed E-state index contributed by atoms with van der Waals surface area (Å²) in [5.74, 6) is 1.03. The molecule has 134 valence electrons. The minimum absolute atomic E-state index is 0.142. The van der Waals surface area contributed by atoms with E-state index in [1.54, 1.807) is 14.0 Å². The Hall–Kier alpha value is -2.28. The van der Waals surface area contributed by atoms with E-state index in [-0.39, 0.29) is 12.5 Å². The Morgan fingerprint density at radius 2 is 1.92 bits per heavy atom. The average molecular weight is 337 g/mol. The Balaban J connectivity index is 2.67. The summed E-state index contributed by atoms with van der Waals surface area (Å²) in [6.45, 7) is 8.11. The van der Waals surface area contributed by atoms with E-state index in [2.05, 4.69) is 10.6 Å². The molecule has 0 bridgehead atoms. The van der Waals surface area contributed by atoms with E-state index < -0.39 is 6.03 Å². The quantitative estimate of drug-likeness (QED) is 0.718. The highest BCUT2D eigenvalue weighted by Crippen LogP contribution is 2.28. The van der Waals surface area contributed by atoms with Crippen molar-refractivity contribution in [1.82, 2.24) is 15.5 Å². The summed E-state index contributed by atoms with van der Waals surface area (Å²) in [4.78, 5) is 25.2. The molecule has 3 amide bonds. The van der Waals surface area contributed by atoms with Gasteiger partial charge in [-0.25, -0.2) is 4.79 Å². The molecule has 1 aromatic rings. The van der Waals surface area contributed by atoms with Crippen LogP contribution in [0.15, 0.2) is 18.2 Å². The first-order valence-electron chi connectivity index (χ1n) is 8.13. The molecular formula is C17H27N3O4. The van der Waals surface area contributed by atoms with Crippen LogP contribution in [0.3, 0.4) is 0 Å². The number of carbonyl (C=O) groups excluding carboxylic acids is 2. The van der Waals surface area contributed by atoms with Crippen molar-refractivity contribution in [2.75, 3.05) is 33.4 Å². The predicted octanol–water partition coefficient (Wildman–Crippen LogP) is 1.76. The Labute approximate surface area is 143 Å². The number of benzene rings is 1. The van der Waals surface area contributed by atoms with Crippen LogP contribution in [-0.4, -0.2) is 50.2 Å². The summed E-state index contributed by atoms with van der Waals surface area (Å²) in [6, 6.07) is 5.23. The van der Waals surface area contributed by atoms with Crippen molar-refractivity contribution in [1.29, 1.82) is 0 Å². The number of hydrogen-bond donors (Lipinski definition) is 2. The topological polar surface area (TPSA) is 79.9 Å². The fourth-order valence-corrected chi connectivity index (χ4v) is 2.20. The number of rotatable bonds is 9. The SMILES string of the molecule is CCNC(=O)NC(=O)CN(CC)Cc1ccc(OCC)c(OC)c1. The minimum Gasteiger partial charge on any atom is -0.493 e. The molecule has 0 radical (unpaired) electrons. The van der Waals surface area contributed by atoms with Crippen molar-refractivity contribution in [3.05, 3.63) is 23.8 Å². The summed E-state index contributed by atoms with van der Waals surface area (Å²) >= 11 is 0. The lowest BCUT2D eigenvalue weighted by molar-refractivity contribution is -0.121. The molecule has 7 nitrogen and oxygen atoms in total. The monoisotopic (exact) mass is 337 g/mol. The Bertz CT molecular complexity index is 549. The normalized spacial score (nSPS) is 10.4. The average Bonchev–Trinajstić information content (AvgIpc) is 2.55. The Morgan fingerprint density at radius 3 is 2.50 bits per heavy atom. The fourth-order valence-electron chi connectivity index (χ4n) is 2.20. The predicted molar refractivity (Wildman–Crippen MR) is 92.3 cm³/mol. The van der Waals surface area contributed by atoms with Crippen molar-refractivity contribution >= 4 is 11.9 Å². The van der Waals surface area contributed by atoms with Crippen LogP contribution in [0.1, 0.15) is 26.3 Å². The zero-order chi connectivity index (χ0) is 17.9. The molecule has 1 aromatic carbocycles. The van der Waals surface area contributed by atoms with Gasteiger partial charge in [-0.3, -0.25) is 15.0 Å². The van der Waals surface area contributed by atoms with Crippen molar-refractivity contribution in [2.45, 2.75) is 27.3 Å². The van der Waals surface area contributed by atoms with Crippen LogP contribution in [0.25, 0.3) is 0 Å². The van der Waals surface area contributed by atoms with E-state index in [1.807, 2.05) is 36.9 Å². The van der Waals surface area contributed by atoms with E-state index in [1.165, 1.54) is 0 Å². The lowest BCUT2D eigenvalue weighted by Crippen LogP contribution is -2.44. The number of ether oxygens (including phenoxy) is 2. The van der Waals surface area contributed by atoms with Crippen molar-refractivity contribution < 1.29 is 19.1 Å². The molecule has 0 spiro atoms. The number of likely N-dealkylation sites (N-methyl/N-ethyl adjacent to an activating group) is 1. The second kappa shape index (κ2) is 10.5. The molecule has 0 aliphatic carbocycles. The largest absolute Gasteiger partial charge is 0.493 e. The van der Waals surface area contributed by atoms with Gasteiger partial charge >= 0.3 is 6.03 Å². The highest BCUT2D eigenvalue weighted by molar-refractivity contribution is 5.95. The van der Waals surface area contributed by atoms with Crippen molar-refractivity contribution in [2.24, 2.45) is 0 Å². The molecular weight excluding hydrogens is 310 g/mol. The number of nitrogens with zero attached hydrogens (tertiary/aromatic N) is 1. The van der Waals surface area contributed by atoms with Crippen LogP contribution < -0.4 is 20.1 Å². The van der Waals surface area contributed by atoms with Crippen LogP contribution in [0.5, 0.6) is 11.5 Å². The van der Waals surface area contributed by atoms with E-state index in [9.17, 15) is 9.59 Å². The number of carbonyl (C=O) groups is 2. The second-order valence-corrected chi connectivity index (χ2v) is 5.13. The third-order valence-corrected chi connectivity index (χ3v) is 3.34. The summed E-state index contributed by atoms with van der Waals surface area (Å²) in [5, 5.41) is 4.84. The maximum Gasteiger partial charge on any atom is 0.321 e. The van der Waals surface area contributed by atoms with E-state index in [0.29, 0.717) is 37.7 Å². The lowest BCUT2D eigenvalue weighted by Gasteiger charge is -2.20. The summed E-state index contributed by atoms with van der Waals surface area (Å²) in [6.07, 6.45) is 0. The smallest absolute Gasteiger partial charge is 0.321 e. The molecule has 1 rings (SSSR count). The van der Waals surface area contributed by atoms with E-state index in [0.717, 1.165) is 5.56 Å². The van der Waals surface area contributed by atoms with Gasteiger partial charge in [0, 0.05) is 13.1 Å². The number of nitrogens with one attached hydrogen (secondary N) is 2. The first kappa shape index (κ1) is 19.8. The third kappa shape index (κ3) is 6.45.